The van der Waals surface area contributed by atoms with E-state index in [-0.39, 0.29) is 0 Å². The molecule has 1 aromatic heterocycles. The van der Waals surface area contributed by atoms with Crippen molar-refractivity contribution in [3.63, 3.8) is 0 Å². The van der Waals surface area contributed by atoms with Gasteiger partial charge in [0.1, 0.15) is 0 Å². The highest BCUT2D eigenvalue weighted by molar-refractivity contribution is 14.1. The molecule has 0 spiro atoms. The number of rotatable bonds is 1. The maximum atomic E-state index is 5.77. The first-order chi connectivity index (χ1) is 7.75. The van der Waals surface area contributed by atoms with Crippen LogP contribution in [0.25, 0.3) is 0 Å². The largest absolute Gasteiger partial charge is 0.375 e. The lowest BCUT2D eigenvalue weighted by Gasteiger charge is -2.11. The van der Waals surface area contributed by atoms with Crippen LogP contribution < -0.4 is 5.73 Å². The van der Waals surface area contributed by atoms with Crippen molar-refractivity contribution in [1.82, 2.24) is 4.98 Å². The molecule has 2 nitrogen and oxygen atoms in total. The highest BCUT2D eigenvalue weighted by Gasteiger charge is 2.28. The normalized spacial score (nSPS) is 18.7. The molecule has 0 fully saturated rings. The summed E-state index contributed by atoms with van der Waals surface area (Å²) in [6.07, 6.45) is 2.24. The fourth-order valence-electron chi connectivity index (χ4n) is 2.30. The highest BCUT2D eigenvalue weighted by Crippen LogP contribution is 2.43. The molecule has 3 rings (SSSR count). The Hall–Kier alpha value is -0.620. The molecule has 0 aliphatic heterocycles. The third-order valence-electron chi connectivity index (χ3n) is 3.01. The lowest BCUT2D eigenvalue weighted by Crippen LogP contribution is -1.96. The first kappa shape index (κ1) is 10.5. The molecule has 16 heavy (non-hydrogen) atoms. The molecule has 1 atom stereocenters. The molecular weight excluding hydrogens is 331 g/mol. The van der Waals surface area contributed by atoms with Crippen LogP contribution in [0.15, 0.2) is 24.3 Å². The van der Waals surface area contributed by atoms with E-state index in [1.807, 2.05) is 0 Å². The number of hydrogen-bond acceptors (Lipinski definition) is 3. The van der Waals surface area contributed by atoms with Gasteiger partial charge < -0.3 is 5.73 Å². The molecular formula is C12H11IN2S. The van der Waals surface area contributed by atoms with Crippen molar-refractivity contribution < 1.29 is 0 Å². The van der Waals surface area contributed by atoms with Gasteiger partial charge in [-0.1, -0.05) is 18.2 Å². The van der Waals surface area contributed by atoms with E-state index in [0.717, 1.165) is 6.42 Å². The predicted octanol–water partition coefficient (Wildman–Crippen LogP) is 3.41. The van der Waals surface area contributed by atoms with Crippen LogP contribution >= 0.6 is 33.9 Å². The van der Waals surface area contributed by atoms with Crippen molar-refractivity contribution in [3.05, 3.63) is 44.0 Å². The van der Waals surface area contributed by atoms with Crippen LogP contribution in [-0.2, 0) is 6.42 Å². The fraction of sp³-hybridized carbons (Fsp3) is 0.250. The Morgan fingerprint density at radius 3 is 3.00 bits per heavy atom. The molecule has 1 aliphatic rings. The van der Waals surface area contributed by atoms with E-state index in [4.69, 9.17) is 5.73 Å². The molecule has 2 N–H and O–H groups in total. The lowest BCUT2D eigenvalue weighted by atomic mass is 9.99. The molecule has 0 saturated heterocycles. The summed E-state index contributed by atoms with van der Waals surface area (Å²) in [6.45, 7) is 0. The summed E-state index contributed by atoms with van der Waals surface area (Å²) in [5.41, 5.74) is 8.41. The van der Waals surface area contributed by atoms with Crippen molar-refractivity contribution in [1.29, 1.82) is 0 Å². The maximum Gasteiger partial charge on any atom is 0.180 e. The first-order valence-electron chi connectivity index (χ1n) is 5.25. The van der Waals surface area contributed by atoms with Gasteiger partial charge in [-0.05, 0) is 47.1 Å². The SMILES string of the molecule is Nc1nc2c(s1)C(c1ccccc1I)CC2. The quantitative estimate of drug-likeness (QED) is 0.807. The number of halogens is 1. The Balaban J connectivity index is 2.07. The van der Waals surface area contributed by atoms with Crippen molar-refractivity contribution >= 4 is 39.1 Å². The Bertz CT molecular complexity index is 536. The number of anilines is 1. The number of aromatic nitrogens is 1. The minimum absolute atomic E-state index is 0.512. The summed E-state index contributed by atoms with van der Waals surface area (Å²) >= 11 is 4.06. The summed E-state index contributed by atoms with van der Waals surface area (Å²) in [6, 6.07) is 8.58. The van der Waals surface area contributed by atoms with Gasteiger partial charge in [0.2, 0.25) is 0 Å². The molecule has 0 saturated carbocycles. The van der Waals surface area contributed by atoms with Crippen LogP contribution in [0.4, 0.5) is 5.13 Å². The van der Waals surface area contributed by atoms with Crippen LogP contribution in [-0.4, -0.2) is 4.98 Å². The Morgan fingerprint density at radius 2 is 2.19 bits per heavy atom. The summed E-state index contributed by atoms with van der Waals surface area (Å²) in [4.78, 5) is 5.77. The topological polar surface area (TPSA) is 38.9 Å². The van der Waals surface area contributed by atoms with Gasteiger partial charge in [0.15, 0.2) is 5.13 Å². The third kappa shape index (κ3) is 1.64. The minimum Gasteiger partial charge on any atom is -0.375 e. The molecule has 0 bridgehead atoms. The minimum atomic E-state index is 0.512. The molecule has 0 amide bonds. The highest BCUT2D eigenvalue weighted by atomic mass is 127. The van der Waals surface area contributed by atoms with Crippen LogP contribution in [0.1, 0.15) is 28.5 Å². The van der Waals surface area contributed by atoms with Crippen molar-refractivity contribution in [2.45, 2.75) is 18.8 Å². The molecule has 2 aromatic rings. The van der Waals surface area contributed by atoms with Gasteiger partial charge in [0.05, 0.1) is 5.69 Å². The molecule has 0 radical (unpaired) electrons. The molecule has 82 valence electrons. The number of aryl methyl sites for hydroxylation is 1. The average Bonchev–Trinajstić information content (AvgIpc) is 2.78. The predicted molar refractivity (Wildman–Crippen MR) is 75.8 cm³/mol. The standard InChI is InChI=1S/C12H11IN2S/c13-9-4-2-1-3-7(9)8-5-6-10-11(8)16-12(14)15-10/h1-4,8H,5-6H2,(H2,14,15). The van der Waals surface area contributed by atoms with E-state index in [1.54, 1.807) is 11.3 Å². The van der Waals surface area contributed by atoms with Gasteiger partial charge in [0.25, 0.3) is 0 Å². The first-order valence-corrected chi connectivity index (χ1v) is 7.14. The van der Waals surface area contributed by atoms with Crippen molar-refractivity contribution in [2.75, 3.05) is 5.73 Å². The number of fused-ring (bicyclic) bond motifs is 1. The van der Waals surface area contributed by atoms with Crippen molar-refractivity contribution in [2.24, 2.45) is 0 Å². The molecule has 1 unspecified atom stereocenters. The summed E-state index contributed by atoms with van der Waals surface area (Å²) in [7, 11) is 0. The van der Waals surface area contributed by atoms with Crippen LogP contribution in [0.3, 0.4) is 0 Å². The smallest absolute Gasteiger partial charge is 0.180 e. The van der Waals surface area contributed by atoms with Gasteiger partial charge in [-0.2, -0.15) is 0 Å². The maximum absolute atomic E-state index is 5.77. The van der Waals surface area contributed by atoms with E-state index in [0.29, 0.717) is 11.0 Å². The number of nitrogens with two attached hydrogens (primary N) is 1. The van der Waals surface area contributed by atoms with Crippen molar-refractivity contribution in [3.8, 4) is 0 Å². The number of nitrogens with zero attached hydrogens (tertiary/aromatic N) is 1. The fourth-order valence-corrected chi connectivity index (χ4v) is 4.10. The number of benzene rings is 1. The van der Waals surface area contributed by atoms with Gasteiger partial charge in [-0.15, -0.1) is 11.3 Å². The van der Waals surface area contributed by atoms with Gasteiger partial charge >= 0.3 is 0 Å². The number of hydrogen-bond donors (Lipinski definition) is 1. The van der Waals surface area contributed by atoms with Gasteiger partial charge in [-0.3, -0.25) is 0 Å². The zero-order valence-electron chi connectivity index (χ0n) is 8.61. The van der Waals surface area contributed by atoms with Crippen LogP contribution in [0.5, 0.6) is 0 Å². The van der Waals surface area contributed by atoms with Crippen LogP contribution in [0, 0.1) is 3.57 Å². The zero-order valence-corrected chi connectivity index (χ0v) is 11.6. The number of nitrogen functional groups attached to an aromatic ring is 1. The average molecular weight is 342 g/mol. The zero-order chi connectivity index (χ0) is 11.1. The van der Waals surface area contributed by atoms with E-state index in [9.17, 15) is 0 Å². The molecule has 4 heteroatoms. The second kappa shape index (κ2) is 4.00. The Labute approximate surface area is 112 Å². The second-order valence-corrected chi connectivity index (χ2v) is 6.20. The molecule has 1 heterocycles. The summed E-state index contributed by atoms with van der Waals surface area (Å²) in [5, 5.41) is 0.709. The van der Waals surface area contributed by atoms with E-state index in [1.165, 1.54) is 26.1 Å². The Kier molecular flexibility index (Phi) is 2.63. The Morgan fingerprint density at radius 1 is 1.38 bits per heavy atom. The molecule has 1 aliphatic carbocycles. The summed E-state index contributed by atoms with van der Waals surface area (Å²) < 4.78 is 1.34. The van der Waals surface area contributed by atoms with E-state index < -0.39 is 0 Å². The van der Waals surface area contributed by atoms with E-state index >= 15 is 0 Å². The lowest BCUT2D eigenvalue weighted by molar-refractivity contribution is 0.787. The molecule has 1 aromatic carbocycles. The monoisotopic (exact) mass is 342 g/mol. The number of thiazole rings is 1. The van der Waals surface area contributed by atoms with Gasteiger partial charge in [0, 0.05) is 14.4 Å². The van der Waals surface area contributed by atoms with Gasteiger partial charge in [-0.25, -0.2) is 4.98 Å². The summed E-state index contributed by atoms with van der Waals surface area (Å²) in [5.74, 6) is 0.512. The van der Waals surface area contributed by atoms with Crippen LogP contribution in [0.2, 0.25) is 0 Å². The van der Waals surface area contributed by atoms with E-state index in [2.05, 4.69) is 51.8 Å². The second-order valence-electron chi connectivity index (χ2n) is 3.98. The third-order valence-corrected chi connectivity index (χ3v) is 5.03.